The van der Waals surface area contributed by atoms with Crippen LogP contribution in [-0.2, 0) is 13.0 Å². The van der Waals surface area contributed by atoms with Crippen LogP contribution in [0.2, 0.25) is 0 Å². The van der Waals surface area contributed by atoms with E-state index in [-0.39, 0.29) is 17.9 Å². The molecule has 2 aromatic heterocycles. The van der Waals surface area contributed by atoms with Gasteiger partial charge in [-0.05, 0) is 25.7 Å². The number of nitrogens with zero attached hydrogens (tertiary/aromatic N) is 4. The molecule has 3 aromatic rings. The van der Waals surface area contributed by atoms with Crippen molar-refractivity contribution >= 4 is 5.91 Å². The molecule has 4 heterocycles. The Kier molecular flexibility index (Phi) is 4.49. The zero-order valence-corrected chi connectivity index (χ0v) is 17.0. The number of aryl methyl sites for hydroxylation is 1. The van der Waals surface area contributed by atoms with Crippen LogP contribution in [0.5, 0.6) is 0 Å². The summed E-state index contributed by atoms with van der Waals surface area (Å²) in [6, 6.07) is 10.0. The highest BCUT2D eigenvalue weighted by atomic mass is 16.4. The fourth-order valence-electron chi connectivity index (χ4n) is 4.55. The number of oxazole rings is 1. The van der Waals surface area contributed by atoms with Crippen molar-refractivity contribution in [2.75, 3.05) is 6.54 Å². The number of aromatic nitrogens is 3. The number of hydrogen-bond acceptors (Lipinski definition) is 4. The largest absolute Gasteiger partial charge is 0.442 e. The Labute approximate surface area is 170 Å². The van der Waals surface area contributed by atoms with Gasteiger partial charge in [-0.25, -0.2) is 4.98 Å². The van der Waals surface area contributed by atoms with E-state index in [1.807, 2.05) is 27.8 Å². The van der Waals surface area contributed by atoms with Crippen molar-refractivity contribution in [1.29, 1.82) is 0 Å². The van der Waals surface area contributed by atoms with Crippen LogP contribution in [0.1, 0.15) is 72.8 Å². The second-order valence-corrected chi connectivity index (χ2v) is 8.27. The van der Waals surface area contributed by atoms with Crippen molar-refractivity contribution in [2.45, 2.75) is 58.0 Å². The molecule has 0 N–H and O–H groups in total. The Morgan fingerprint density at radius 2 is 2.00 bits per heavy atom. The second kappa shape index (κ2) is 7.17. The molecule has 2 aliphatic rings. The molecule has 1 aromatic carbocycles. The molecule has 1 atom stereocenters. The average molecular weight is 390 g/mol. The summed E-state index contributed by atoms with van der Waals surface area (Å²) in [5, 5.41) is 4.40. The number of rotatable bonds is 4. The van der Waals surface area contributed by atoms with Gasteiger partial charge in [0.15, 0.2) is 0 Å². The Bertz CT molecular complexity index is 1030. The van der Waals surface area contributed by atoms with Crippen LogP contribution in [-0.4, -0.2) is 32.1 Å². The first-order valence-corrected chi connectivity index (χ1v) is 10.5. The maximum Gasteiger partial charge on any atom is 0.258 e. The van der Waals surface area contributed by atoms with E-state index >= 15 is 0 Å². The molecule has 0 aliphatic carbocycles. The van der Waals surface area contributed by atoms with Crippen LogP contribution in [0, 0.1) is 0 Å². The normalized spacial score (nSPS) is 18.6. The van der Waals surface area contributed by atoms with Gasteiger partial charge in [-0.2, -0.15) is 5.10 Å². The highest BCUT2D eigenvalue weighted by molar-refractivity contribution is 5.95. The molecular weight excluding hydrogens is 364 g/mol. The first-order valence-electron chi connectivity index (χ1n) is 10.5. The molecule has 1 amide bonds. The molecule has 1 unspecified atom stereocenters. The highest BCUT2D eigenvalue weighted by Crippen LogP contribution is 2.38. The third-order valence-corrected chi connectivity index (χ3v) is 6.00. The Morgan fingerprint density at radius 3 is 2.79 bits per heavy atom. The quantitative estimate of drug-likeness (QED) is 0.654. The standard InChI is InChI=1S/C23H26N4O2/c1-15(2)21-20(16-8-4-3-5-9-16)25-22(29-21)19-11-6-12-26(19)23(28)17-14-24-27-13-7-10-18(17)27/h3-5,8-9,14-15,19H,6-7,10-13H2,1-2H3. The van der Waals surface area contributed by atoms with Crippen LogP contribution < -0.4 is 0 Å². The van der Waals surface area contributed by atoms with E-state index in [1.54, 1.807) is 6.20 Å². The second-order valence-electron chi connectivity index (χ2n) is 8.27. The molecule has 1 saturated heterocycles. The van der Waals surface area contributed by atoms with E-state index < -0.39 is 0 Å². The van der Waals surface area contributed by atoms with Crippen molar-refractivity contribution in [3.05, 3.63) is 59.4 Å². The molecule has 0 saturated carbocycles. The molecular formula is C23H26N4O2. The fraction of sp³-hybridized carbons (Fsp3) is 0.435. The minimum absolute atomic E-state index is 0.0567. The number of likely N-dealkylation sites (tertiary alicyclic amines) is 1. The first-order chi connectivity index (χ1) is 14.1. The summed E-state index contributed by atoms with van der Waals surface area (Å²) >= 11 is 0. The molecule has 0 spiro atoms. The monoisotopic (exact) mass is 390 g/mol. The summed E-state index contributed by atoms with van der Waals surface area (Å²) in [4.78, 5) is 20.2. The van der Waals surface area contributed by atoms with E-state index in [0.717, 1.165) is 67.0 Å². The van der Waals surface area contributed by atoms with Gasteiger partial charge in [-0.3, -0.25) is 9.48 Å². The van der Waals surface area contributed by atoms with E-state index in [1.165, 1.54) is 0 Å². The summed E-state index contributed by atoms with van der Waals surface area (Å²) in [6.07, 6.45) is 5.55. The molecule has 5 rings (SSSR count). The maximum absolute atomic E-state index is 13.4. The van der Waals surface area contributed by atoms with E-state index in [9.17, 15) is 4.79 Å². The summed E-state index contributed by atoms with van der Waals surface area (Å²) in [5.74, 6) is 1.82. The number of carbonyl (C=O) groups excluding carboxylic acids is 1. The average Bonchev–Trinajstić information content (AvgIpc) is 3.50. The topological polar surface area (TPSA) is 64.2 Å². The molecule has 0 radical (unpaired) electrons. The summed E-state index contributed by atoms with van der Waals surface area (Å²) < 4.78 is 8.25. The number of carbonyl (C=O) groups is 1. The van der Waals surface area contributed by atoms with Gasteiger partial charge >= 0.3 is 0 Å². The molecule has 6 heteroatoms. The van der Waals surface area contributed by atoms with Crippen LogP contribution in [0.15, 0.2) is 40.9 Å². The van der Waals surface area contributed by atoms with Crippen LogP contribution >= 0.6 is 0 Å². The third kappa shape index (κ3) is 3.07. The first kappa shape index (κ1) is 18.2. The number of amides is 1. The summed E-state index contributed by atoms with van der Waals surface area (Å²) in [6.45, 7) is 5.87. The SMILES string of the molecule is CC(C)c1oc(C2CCCN2C(=O)c2cnn3c2CCC3)nc1-c1ccccc1. The molecule has 1 fully saturated rings. The van der Waals surface area contributed by atoms with E-state index in [2.05, 4.69) is 31.1 Å². The van der Waals surface area contributed by atoms with Gasteiger partial charge in [0.2, 0.25) is 5.89 Å². The van der Waals surface area contributed by atoms with Gasteiger partial charge < -0.3 is 9.32 Å². The fourth-order valence-corrected chi connectivity index (χ4v) is 4.55. The molecule has 29 heavy (non-hydrogen) atoms. The number of fused-ring (bicyclic) bond motifs is 1. The Hall–Kier alpha value is -2.89. The number of hydrogen-bond donors (Lipinski definition) is 0. The van der Waals surface area contributed by atoms with Gasteiger partial charge in [0.05, 0.1) is 17.5 Å². The zero-order valence-electron chi connectivity index (χ0n) is 17.0. The minimum atomic E-state index is -0.116. The van der Waals surface area contributed by atoms with Crippen molar-refractivity contribution in [3.63, 3.8) is 0 Å². The van der Waals surface area contributed by atoms with Crippen LogP contribution in [0.3, 0.4) is 0 Å². The van der Waals surface area contributed by atoms with Gasteiger partial charge in [0, 0.05) is 24.6 Å². The minimum Gasteiger partial charge on any atom is -0.442 e. The molecule has 0 bridgehead atoms. The Morgan fingerprint density at radius 1 is 1.17 bits per heavy atom. The predicted molar refractivity (Wildman–Crippen MR) is 110 cm³/mol. The van der Waals surface area contributed by atoms with Crippen LogP contribution in [0.25, 0.3) is 11.3 Å². The smallest absolute Gasteiger partial charge is 0.258 e. The molecule has 6 nitrogen and oxygen atoms in total. The lowest BCUT2D eigenvalue weighted by Crippen LogP contribution is -2.31. The van der Waals surface area contributed by atoms with Gasteiger partial charge in [-0.1, -0.05) is 44.2 Å². The Balaban J connectivity index is 1.49. The highest BCUT2D eigenvalue weighted by Gasteiger charge is 2.37. The lowest BCUT2D eigenvalue weighted by Gasteiger charge is -2.22. The van der Waals surface area contributed by atoms with Crippen molar-refractivity contribution < 1.29 is 9.21 Å². The van der Waals surface area contributed by atoms with Crippen LogP contribution in [0.4, 0.5) is 0 Å². The van der Waals surface area contributed by atoms with E-state index in [4.69, 9.17) is 9.40 Å². The van der Waals surface area contributed by atoms with Crippen molar-refractivity contribution in [2.24, 2.45) is 0 Å². The number of benzene rings is 1. The molecule has 2 aliphatic heterocycles. The third-order valence-electron chi connectivity index (χ3n) is 6.00. The van der Waals surface area contributed by atoms with E-state index in [0.29, 0.717) is 5.89 Å². The van der Waals surface area contributed by atoms with Gasteiger partial charge in [0.1, 0.15) is 17.5 Å². The van der Waals surface area contributed by atoms with Crippen molar-refractivity contribution in [1.82, 2.24) is 19.7 Å². The lowest BCUT2D eigenvalue weighted by molar-refractivity contribution is 0.0713. The van der Waals surface area contributed by atoms with Gasteiger partial charge in [0.25, 0.3) is 5.91 Å². The van der Waals surface area contributed by atoms with Crippen molar-refractivity contribution in [3.8, 4) is 11.3 Å². The van der Waals surface area contributed by atoms with Gasteiger partial charge in [-0.15, -0.1) is 0 Å². The summed E-state index contributed by atoms with van der Waals surface area (Å²) in [5.41, 5.74) is 3.76. The molecule has 150 valence electrons. The predicted octanol–water partition coefficient (Wildman–Crippen LogP) is 4.59. The maximum atomic E-state index is 13.4. The lowest BCUT2D eigenvalue weighted by atomic mass is 10.0. The zero-order chi connectivity index (χ0) is 20.0. The summed E-state index contributed by atoms with van der Waals surface area (Å²) in [7, 11) is 0.